The maximum atomic E-state index is 13.6. The van der Waals surface area contributed by atoms with E-state index in [0.717, 1.165) is 50.5 Å². The van der Waals surface area contributed by atoms with E-state index in [0.29, 0.717) is 11.4 Å². The predicted octanol–water partition coefficient (Wildman–Crippen LogP) is 5.18. The van der Waals surface area contributed by atoms with Crippen molar-refractivity contribution in [2.45, 2.75) is 69.2 Å². The molecule has 144 valence electrons. The summed E-state index contributed by atoms with van der Waals surface area (Å²) in [6.07, 6.45) is 8.45. The molecule has 3 nitrogen and oxygen atoms in total. The Morgan fingerprint density at radius 2 is 1.70 bits per heavy atom. The summed E-state index contributed by atoms with van der Waals surface area (Å²) < 4.78 is 29.0. The first kappa shape index (κ1) is 18.7. The molecule has 0 radical (unpaired) electrons. The Bertz CT molecular complexity index is 920. The number of nitrogens with zero attached hydrogens (tertiary/aromatic N) is 1. The van der Waals surface area contributed by atoms with E-state index in [9.17, 15) is 8.42 Å². The first-order valence-electron chi connectivity index (χ1n) is 10.3. The van der Waals surface area contributed by atoms with Crippen molar-refractivity contribution < 1.29 is 8.42 Å². The number of hydrogen-bond acceptors (Lipinski definition) is 2. The van der Waals surface area contributed by atoms with Crippen molar-refractivity contribution >= 4 is 10.0 Å². The van der Waals surface area contributed by atoms with Crippen LogP contribution in [-0.4, -0.2) is 19.3 Å². The minimum atomic E-state index is -3.50. The third-order valence-electron chi connectivity index (χ3n) is 6.06. The highest BCUT2D eigenvalue weighted by molar-refractivity contribution is 7.89. The van der Waals surface area contributed by atoms with Crippen LogP contribution in [0.5, 0.6) is 0 Å². The van der Waals surface area contributed by atoms with Gasteiger partial charge in [0, 0.05) is 6.54 Å². The van der Waals surface area contributed by atoms with E-state index in [1.54, 1.807) is 4.31 Å². The van der Waals surface area contributed by atoms with Gasteiger partial charge in [0.05, 0.1) is 10.9 Å². The minimum Gasteiger partial charge on any atom is -0.207 e. The number of benzene rings is 2. The summed E-state index contributed by atoms with van der Waals surface area (Å²) in [6.45, 7) is 2.68. The normalized spacial score (nSPS) is 21.4. The molecular weight excluding hydrogens is 354 g/mol. The SMILES string of the molecule is Cc1cccc(C2CCCCCN2S(=O)(=O)c2ccc3c(c2)CCCC3)c1. The number of hydrogen-bond donors (Lipinski definition) is 0. The second kappa shape index (κ2) is 7.76. The highest BCUT2D eigenvalue weighted by Crippen LogP contribution is 2.36. The van der Waals surface area contributed by atoms with Crippen LogP contribution < -0.4 is 0 Å². The zero-order valence-electron chi connectivity index (χ0n) is 16.2. The Balaban J connectivity index is 1.73. The Labute approximate surface area is 163 Å². The molecule has 1 atom stereocenters. The Kier molecular flexibility index (Phi) is 5.38. The lowest BCUT2D eigenvalue weighted by molar-refractivity contribution is 0.329. The maximum Gasteiger partial charge on any atom is 0.243 e. The van der Waals surface area contributed by atoms with Crippen LogP contribution in [0.15, 0.2) is 47.4 Å². The average molecular weight is 384 g/mol. The molecule has 2 aliphatic rings. The summed E-state index contributed by atoms with van der Waals surface area (Å²) in [7, 11) is -3.50. The Hall–Kier alpha value is -1.65. The number of sulfonamides is 1. The van der Waals surface area contributed by atoms with Crippen LogP contribution in [0, 0.1) is 6.92 Å². The highest BCUT2D eigenvalue weighted by Gasteiger charge is 2.33. The molecule has 1 fully saturated rings. The monoisotopic (exact) mass is 383 g/mol. The van der Waals surface area contributed by atoms with Gasteiger partial charge in [-0.2, -0.15) is 4.31 Å². The molecule has 0 N–H and O–H groups in total. The van der Waals surface area contributed by atoms with Crippen LogP contribution in [0.2, 0.25) is 0 Å². The molecule has 4 heteroatoms. The fourth-order valence-electron chi connectivity index (χ4n) is 4.59. The average Bonchev–Trinajstić information content (AvgIpc) is 2.94. The zero-order chi connectivity index (χ0) is 18.9. The van der Waals surface area contributed by atoms with Crippen LogP contribution in [0.25, 0.3) is 0 Å². The predicted molar refractivity (Wildman–Crippen MR) is 109 cm³/mol. The molecule has 2 aromatic rings. The fraction of sp³-hybridized carbons (Fsp3) is 0.478. The van der Waals surface area contributed by atoms with E-state index in [1.165, 1.54) is 23.1 Å². The van der Waals surface area contributed by atoms with Gasteiger partial charge in [-0.25, -0.2) is 8.42 Å². The molecule has 0 bridgehead atoms. The van der Waals surface area contributed by atoms with Gasteiger partial charge in [-0.1, -0.05) is 48.7 Å². The molecule has 2 aromatic carbocycles. The first-order valence-corrected chi connectivity index (χ1v) is 11.7. The van der Waals surface area contributed by atoms with Gasteiger partial charge in [-0.15, -0.1) is 0 Å². The molecule has 0 amide bonds. The minimum absolute atomic E-state index is 0.0616. The molecule has 1 aliphatic heterocycles. The number of aryl methyl sites for hydroxylation is 3. The molecule has 4 rings (SSSR count). The molecule has 0 saturated carbocycles. The topological polar surface area (TPSA) is 37.4 Å². The maximum absolute atomic E-state index is 13.6. The molecule has 27 heavy (non-hydrogen) atoms. The third kappa shape index (κ3) is 3.83. The van der Waals surface area contributed by atoms with Gasteiger partial charge >= 0.3 is 0 Å². The van der Waals surface area contributed by atoms with Crippen molar-refractivity contribution in [1.82, 2.24) is 4.31 Å². The molecule has 1 saturated heterocycles. The molecule has 1 heterocycles. The van der Waals surface area contributed by atoms with Crippen molar-refractivity contribution in [3.63, 3.8) is 0 Å². The van der Waals surface area contributed by atoms with Crippen molar-refractivity contribution in [3.8, 4) is 0 Å². The Morgan fingerprint density at radius 3 is 2.52 bits per heavy atom. The van der Waals surface area contributed by atoms with Gasteiger partial charge in [0.25, 0.3) is 0 Å². The van der Waals surface area contributed by atoms with Crippen LogP contribution in [0.4, 0.5) is 0 Å². The summed E-state index contributed by atoms with van der Waals surface area (Å²) in [5.41, 5.74) is 4.86. The molecule has 0 aromatic heterocycles. The van der Waals surface area contributed by atoms with Crippen molar-refractivity contribution in [3.05, 3.63) is 64.7 Å². The van der Waals surface area contributed by atoms with Crippen molar-refractivity contribution in [2.75, 3.05) is 6.54 Å². The fourth-order valence-corrected chi connectivity index (χ4v) is 6.32. The van der Waals surface area contributed by atoms with Gasteiger partial charge < -0.3 is 0 Å². The smallest absolute Gasteiger partial charge is 0.207 e. The lowest BCUT2D eigenvalue weighted by Gasteiger charge is -2.30. The summed E-state index contributed by atoms with van der Waals surface area (Å²) in [6, 6.07) is 14.1. The van der Waals surface area contributed by atoms with Gasteiger partial charge in [0.15, 0.2) is 0 Å². The van der Waals surface area contributed by atoms with E-state index in [1.807, 2.05) is 24.3 Å². The van der Waals surface area contributed by atoms with E-state index in [2.05, 4.69) is 25.1 Å². The van der Waals surface area contributed by atoms with E-state index < -0.39 is 10.0 Å². The number of fused-ring (bicyclic) bond motifs is 1. The van der Waals surface area contributed by atoms with Crippen LogP contribution in [-0.2, 0) is 22.9 Å². The molecular formula is C23H29NO2S. The number of rotatable bonds is 3. The molecule has 0 spiro atoms. The second-order valence-electron chi connectivity index (χ2n) is 8.03. The molecule has 1 aliphatic carbocycles. The Morgan fingerprint density at radius 1 is 0.889 bits per heavy atom. The van der Waals surface area contributed by atoms with Crippen LogP contribution in [0.1, 0.15) is 66.8 Å². The van der Waals surface area contributed by atoms with E-state index in [-0.39, 0.29) is 6.04 Å². The van der Waals surface area contributed by atoms with Gasteiger partial charge in [0.2, 0.25) is 10.0 Å². The zero-order valence-corrected chi connectivity index (χ0v) is 17.0. The summed E-state index contributed by atoms with van der Waals surface area (Å²) >= 11 is 0. The van der Waals surface area contributed by atoms with Crippen molar-refractivity contribution in [2.24, 2.45) is 0 Å². The van der Waals surface area contributed by atoms with E-state index in [4.69, 9.17) is 0 Å². The third-order valence-corrected chi connectivity index (χ3v) is 7.96. The van der Waals surface area contributed by atoms with Gasteiger partial charge in [0.1, 0.15) is 0 Å². The standard InChI is InChI=1S/C23H29NO2S/c1-18-8-7-11-21(16-18)23-12-3-2-6-15-24(23)27(25,26)22-14-13-19-9-4-5-10-20(19)17-22/h7-8,11,13-14,16-17,23H,2-6,9-10,12,15H2,1H3. The van der Waals surface area contributed by atoms with Crippen LogP contribution in [0.3, 0.4) is 0 Å². The molecule has 1 unspecified atom stereocenters. The summed E-state index contributed by atoms with van der Waals surface area (Å²) in [5, 5.41) is 0. The summed E-state index contributed by atoms with van der Waals surface area (Å²) in [5.74, 6) is 0. The van der Waals surface area contributed by atoms with Gasteiger partial charge in [-0.05, 0) is 74.3 Å². The highest BCUT2D eigenvalue weighted by atomic mass is 32.2. The van der Waals surface area contributed by atoms with Gasteiger partial charge in [-0.3, -0.25) is 0 Å². The summed E-state index contributed by atoms with van der Waals surface area (Å²) in [4.78, 5) is 0.475. The second-order valence-corrected chi connectivity index (χ2v) is 9.92. The first-order chi connectivity index (χ1) is 13.1. The largest absolute Gasteiger partial charge is 0.243 e. The lowest BCUT2D eigenvalue weighted by Crippen LogP contribution is -2.35. The lowest BCUT2D eigenvalue weighted by atomic mass is 9.92. The van der Waals surface area contributed by atoms with Crippen LogP contribution >= 0.6 is 0 Å². The van der Waals surface area contributed by atoms with Crippen molar-refractivity contribution in [1.29, 1.82) is 0 Å². The quantitative estimate of drug-likeness (QED) is 0.732. The van der Waals surface area contributed by atoms with E-state index >= 15 is 0 Å².